The van der Waals surface area contributed by atoms with Crippen molar-refractivity contribution in [2.24, 2.45) is 0 Å². The second-order valence-electron chi connectivity index (χ2n) is 4.32. The molecule has 19 heavy (non-hydrogen) atoms. The van der Waals surface area contributed by atoms with E-state index in [1.807, 2.05) is 0 Å². The summed E-state index contributed by atoms with van der Waals surface area (Å²) in [7, 11) is 0. The summed E-state index contributed by atoms with van der Waals surface area (Å²) in [6.45, 7) is 2.90. The maximum Gasteiger partial charge on any atom is 0.323 e. The van der Waals surface area contributed by atoms with Crippen LogP contribution >= 0.6 is 15.9 Å². The van der Waals surface area contributed by atoms with Crippen molar-refractivity contribution < 1.29 is 14.7 Å². The summed E-state index contributed by atoms with van der Waals surface area (Å²) in [5, 5.41) is 8.78. The van der Waals surface area contributed by atoms with E-state index in [0.29, 0.717) is 4.47 Å². The average Bonchev–Trinajstić information content (AvgIpc) is 2.30. The van der Waals surface area contributed by atoms with Crippen LogP contribution in [0.25, 0.3) is 0 Å². The summed E-state index contributed by atoms with van der Waals surface area (Å²) in [6, 6.07) is 2.68. The molecule has 0 fully saturated rings. The lowest BCUT2D eigenvalue weighted by Gasteiger charge is -2.25. The van der Waals surface area contributed by atoms with Crippen LogP contribution < -0.4 is 5.56 Å². The summed E-state index contributed by atoms with van der Waals surface area (Å²) in [5.74, 6) is -1.48. The van der Waals surface area contributed by atoms with Crippen molar-refractivity contribution in [3.8, 4) is 0 Å². The van der Waals surface area contributed by atoms with Crippen molar-refractivity contribution in [2.45, 2.75) is 26.4 Å². The van der Waals surface area contributed by atoms with Gasteiger partial charge in [-0.2, -0.15) is 0 Å². The molecule has 104 valence electrons. The Hall–Kier alpha value is -1.63. The summed E-state index contributed by atoms with van der Waals surface area (Å²) in [5.41, 5.74) is -0.310. The van der Waals surface area contributed by atoms with E-state index in [-0.39, 0.29) is 24.7 Å². The minimum atomic E-state index is -1.08. The number of aliphatic carboxylic acids is 1. The average molecular weight is 331 g/mol. The van der Waals surface area contributed by atoms with Gasteiger partial charge in [0.05, 0.1) is 0 Å². The summed E-state index contributed by atoms with van der Waals surface area (Å²) >= 11 is 3.21. The van der Waals surface area contributed by atoms with E-state index in [9.17, 15) is 14.4 Å². The summed E-state index contributed by atoms with van der Waals surface area (Å²) < 4.78 is 1.91. The van der Waals surface area contributed by atoms with Crippen molar-refractivity contribution in [1.82, 2.24) is 9.47 Å². The van der Waals surface area contributed by atoms with Crippen LogP contribution in [-0.2, 0) is 16.1 Å². The number of amides is 1. The third-order valence-electron chi connectivity index (χ3n) is 2.50. The number of rotatable bonds is 5. The predicted octanol–water partition coefficient (Wildman–Crippen LogP) is 0.932. The summed E-state index contributed by atoms with van der Waals surface area (Å²) in [6.07, 6.45) is 1.50. The SMILES string of the molecule is CC(C)N(CC(=O)O)C(=O)Cn1cc(Br)ccc1=O. The van der Waals surface area contributed by atoms with E-state index in [1.54, 1.807) is 19.9 Å². The molecule has 1 aromatic rings. The molecule has 1 amide bonds. The smallest absolute Gasteiger partial charge is 0.323 e. The quantitative estimate of drug-likeness (QED) is 0.871. The number of halogens is 1. The highest BCUT2D eigenvalue weighted by Gasteiger charge is 2.20. The third-order valence-corrected chi connectivity index (χ3v) is 2.97. The highest BCUT2D eigenvalue weighted by Crippen LogP contribution is 2.06. The second kappa shape index (κ2) is 6.51. The van der Waals surface area contributed by atoms with Crippen LogP contribution in [0.4, 0.5) is 0 Å². The predicted molar refractivity (Wildman–Crippen MR) is 72.9 cm³/mol. The van der Waals surface area contributed by atoms with Crippen LogP contribution in [0.1, 0.15) is 13.8 Å². The Morgan fingerprint density at radius 1 is 1.42 bits per heavy atom. The van der Waals surface area contributed by atoms with E-state index in [1.165, 1.54) is 21.7 Å². The Morgan fingerprint density at radius 3 is 2.58 bits per heavy atom. The van der Waals surface area contributed by atoms with Crippen molar-refractivity contribution in [2.75, 3.05) is 6.54 Å². The van der Waals surface area contributed by atoms with Crippen LogP contribution in [0.2, 0.25) is 0 Å². The lowest BCUT2D eigenvalue weighted by atomic mass is 10.3. The lowest BCUT2D eigenvalue weighted by molar-refractivity contribution is -0.146. The number of hydrogen-bond donors (Lipinski definition) is 1. The zero-order valence-electron chi connectivity index (χ0n) is 10.7. The van der Waals surface area contributed by atoms with Crippen molar-refractivity contribution >= 4 is 27.8 Å². The minimum absolute atomic E-state index is 0.177. The van der Waals surface area contributed by atoms with E-state index in [0.717, 1.165) is 0 Å². The fourth-order valence-electron chi connectivity index (χ4n) is 1.57. The maximum atomic E-state index is 12.0. The molecular formula is C12H15BrN2O4. The van der Waals surface area contributed by atoms with Gasteiger partial charge < -0.3 is 14.6 Å². The topological polar surface area (TPSA) is 79.6 Å². The molecule has 1 rings (SSSR count). The fraction of sp³-hybridized carbons (Fsp3) is 0.417. The van der Waals surface area contributed by atoms with Crippen LogP contribution in [0.5, 0.6) is 0 Å². The molecule has 0 atom stereocenters. The Balaban J connectivity index is 2.90. The molecule has 0 aliphatic rings. The molecule has 0 saturated heterocycles. The van der Waals surface area contributed by atoms with Gasteiger partial charge in [0.15, 0.2) is 0 Å². The standard InChI is InChI=1S/C12H15BrN2O4/c1-8(2)15(7-12(18)19)11(17)6-14-5-9(13)3-4-10(14)16/h3-5,8H,6-7H2,1-2H3,(H,18,19). The van der Waals surface area contributed by atoms with Gasteiger partial charge in [-0.05, 0) is 35.8 Å². The highest BCUT2D eigenvalue weighted by atomic mass is 79.9. The molecule has 7 heteroatoms. The molecule has 1 N–H and O–H groups in total. The van der Waals surface area contributed by atoms with Crippen LogP contribution in [0, 0.1) is 0 Å². The second-order valence-corrected chi connectivity index (χ2v) is 5.24. The number of aromatic nitrogens is 1. The van der Waals surface area contributed by atoms with E-state index < -0.39 is 11.9 Å². The van der Waals surface area contributed by atoms with Crippen LogP contribution in [0.3, 0.4) is 0 Å². The molecule has 1 heterocycles. The Morgan fingerprint density at radius 2 is 2.05 bits per heavy atom. The molecule has 0 radical (unpaired) electrons. The highest BCUT2D eigenvalue weighted by molar-refractivity contribution is 9.10. The zero-order valence-corrected chi connectivity index (χ0v) is 12.3. The first-order valence-electron chi connectivity index (χ1n) is 5.68. The minimum Gasteiger partial charge on any atom is -0.480 e. The van der Waals surface area contributed by atoms with Crippen molar-refractivity contribution in [1.29, 1.82) is 0 Å². The number of hydrogen-bond acceptors (Lipinski definition) is 3. The Bertz CT molecular complexity index is 539. The molecule has 1 aromatic heterocycles. The van der Waals surface area contributed by atoms with Gasteiger partial charge in [-0.3, -0.25) is 14.4 Å². The van der Waals surface area contributed by atoms with Crippen LogP contribution in [0.15, 0.2) is 27.6 Å². The number of carboxylic acids is 1. The Kier molecular flexibility index (Phi) is 5.29. The number of carboxylic acid groups (broad SMARTS) is 1. The van der Waals surface area contributed by atoms with Crippen LogP contribution in [-0.4, -0.2) is 39.0 Å². The largest absolute Gasteiger partial charge is 0.480 e. The maximum absolute atomic E-state index is 12.0. The van der Waals surface area contributed by atoms with Crippen molar-refractivity contribution in [3.63, 3.8) is 0 Å². The van der Waals surface area contributed by atoms with Gasteiger partial charge in [0.2, 0.25) is 5.91 Å². The first-order valence-corrected chi connectivity index (χ1v) is 6.48. The lowest BCUT2D eigenvalue weighted by Crippen LogP contribution is -2.43. The van der Waals surface area contributed by atoms with E-state index >= 15 is 0 Å². The van der Waals surface area contributed by atoms with Gasteiger partial charge in [-0.1, -0.05) is 0 Å². The Labute approximate surface area is 118 Å². The molecule has 0 aliphatic carbocycles. The first-order chi connectivity index (χ1) is 8.81. The van der Waals surface area contributed by atoms with Gasteiger partial charge in [-0.15, -0.1) is 0 Å². The molecule has 0 saturated carbocycles. The van der Waals surface area contributed by atoms with Gasteiger partial charge >= 0.3 is 5.97 Å². The van der Waals surface area contributed by atoms with Crippen molar-refractivity contribution in [3.05, 3.63) is 33.2 Å². The molecule has 0 unspecified atom stereocenters. The normalized spacial score (nSPS) is 10.5. The third kappa shape index (κ3) is 4.51. The monoisotopic (exact) mass is 330 g/mol. The van der Waals surface area contributed by atoms with Gasteiger partial charge in [0, 0.05) is 22.8 Å². The van der Waals surface area contributed by atoms with Gasteiger partial charge in [-0.25, -0.2) is 0 Å². The molecular weight excluding hydrogens is 316 g/mol. The number of carbonyl (C=O) groups excluding carboxylic acids is 1. The number of carbonyl (C=O) groups is 2. The van der Waals surface area contributed by atoms with E-state index in [2.05, 4.69) is 15.9 Å². The first kappa shape index (κ1) is 15.4. The molecule has 0 spiro atoms. The van der Waals surface area contributed by atoms with Gasteiger partial charge in [0.1, 0.15) is 13.1 Å². The molecule has 0 bridgehead atoms. The molecule has 6 nitrogen and oxygen atoms in total. The molecule has 0 aromatic carbocycles. The van der Waals surface area contributed by atoms with E-state index in [4.69, 9.17) is 5.11 Å². The zero-order chi connectivity index (χ0) is 14.6. The van der Waals surface area contributed by atoms with Gasteiger partial charge in [0.25, 0.3) is 5.56 Å². The number of nitrogens with zero attached hydrogens (tertiary/aromatic N) is 2. The summed E-state index contributed by atoms with van der Waals surface area (Å²) in [4.78, 5) is 35.6. The fourth-order valence-corrected chi connectivity index (χ4v) is 1.95. The number of pyridine rings is 1. The molecule has 0 aliphatic heterocycles.